The van der Waals surface area contributed by atoms with Gasteiger partial charge in [-0.15, -0.1) is 0 Å². The van der Waals surface area contributed by atoms with Gasteiger partial charge in [0.1, 0.15) is 18.8 Å². The number of aliphatic hydroxyl groups is 3. The van der Waals surface area contributed by atoms with Crippen molar-refractivity contribution in [3.05, 3.63) is 59.7 Å². The molecule has 1 aliphatic rings. The molecule has 6 heteroatoms. The van der Waals surface area contributed by atoms with Gasteiger partial charge >= 0.3 is 5.97 Å². The number of carbonyl (C=O) groups is 1. The first-order valence-electron chi connectivity index (χ1n) is 9.72. The van der Waals surface area contributed by atoms with Gasteiger partial charge in [-0.3, -0.25) is 0 Å². The summed E-state index contributed by atoms with van der Waals surface area (Å²) < 4.78 is 11.2. The van der Waals surface area contributed by atoms with Crippen LogP contribution in [-0.4, -0.2) is 58.4 Å². The highest BCUT2D eigenvalue weighted by molar-refractivity contribution is 5.79. The Morgan fingerprint density at radius 1 is 1.00 bits per heavy atom. The van der Waals surface area contributed by atoms with E-state index in [0.29, 0.717) is 0 Å². The van der Waals surface area contributed by atoms with E-state index in [1.54, 1.807) is 20.8 Å². The zero-order valence-corrected chi connectivity index (χ0v) is 16.9. The molecule has 0 fully saturated rings. The third-order valence-corrected chi connectivity index (χ3v) is 4.96. The number of carbonyl (C=O) groups excluding carboxylic acids is 1. The van der Waals surface area contributed by atoms with Gasteiger partial charge in [0, 0.05) is 5.92 Å². The number of esters is 1. The van der Waals surface area contributed by atoms with E-state index in [9.17, 15) is 15.0 Å². The Bertz CT molecular complexity index is 811. The Balaban J connectivity index is 1.79. The number of rotatable bonds is 7. The zero-order chi connectivity index (χ0) is 21.2. The molecule has 3 rings (SSSR count). The minimum absolute atomic E-state index is 0.0821. The van der Waals surface area contributed by atoms with Crippen LogP contribution in [0.3, 0.4) is 0 Å². The minimum atomic E-state index is -1.60. The minimum Gasteiger partial charge on any atom is -0.463 e. The fraction of sp³-hybridized carbons (Fsp3) is 0.435. The van der Waals surface area contributed by atoms with Crippen LogP contribution in [0.2, 0.25) is 0 Å². The van der Waals surface area contributed by atoms with E-state index in [2.05, 4.69) is 0 Å². The summed E-state index contributed by atoms with van der Waals surface area (Å²) in [6.45, 7) is 4.58. The molecule has 3 N–H and O–H groups in total. The molecule has 0 spiro atoms. The molecule has 3 atom stereocenters. The molecule has 1 unspecified atom stereocenters. The van der Waals surface area contributed by atoms with E-state index in [-0.39, 0.29) is 12.5 Å². The average Bonchev–Trinajstić information content (AvgIpc) is 3.02. The predicted molar refractivity (Wildman–Crippen MR) is 108 cm³/mol. The second-order valence-electron chi connectivity index (χ2n) is 8.25. The third-order valence-electron chi connectivity index (χ3n) is 4.96. The largest absolute Gasteiger partial charge is 0.463 e. The molecular formula is C23H28O6. The second kappa shape index (κ2) is 8.63. The summed E-state index contributed by atoms with van der Waals surface area (Å²) in [5.41, 5.74) is 3.62. The van der Waals surface area contributed by atoms with E-state index in [4.69, 9.17) is 14.6 Å². The fourth-order valence-electron chi connectivity index (χ4n) is 3.63. The molecule has 2 aromatic carbocycles. The van der Waals surface area contributed by atoms with Crippen molar-refractivity contribution in [3.63, 3.8) is 0 Å². The molecule has 0 aliphatic heterocycles. The van der Waals surface area contributed by atoms with E-state index in [0.717, 1.165) is 22.3 Å². The van der Waals surface area contributed by atoms with E-state index >= 15 is 0 Å². The molecule has 29 heavy (non-hydrogen) atoms. The molecule has 0 saturated heterocycles. The Morgan fingerprint density at radius 3 is 2.00 bits per heavy atom. The van der Waals surface area contributed by atoms with Crippen LogP contribution in [0.4, 0.5) is 0 Å². The van der Waals surface area contributed by atoms with Gasteiger partial charge in [0.05, 0.1) is 12.2 Å². The van der Waals surface area contributed by atoms with Gasteiger partial charge in [-0.05, 0) is 43.0 Å². The van der Waals surface area contributed by atoms with E-state index in [1.165, 1.54) is 0 Å². The summed E-state index contributed by atoms with van der Waals surface area (Å²) >= 11 is 0. The lowest BCUT2D eigenvalue weighted by atomic mass is 9.98. The number of benzene rings is 2. The number of aliphatic hydroxyl groups excluding tert-OH is 3. The van der Waals surface area contributed by atoms with Crippen molar-refractivity contribution >= 4 is 5.97 Å². The van der Waals surface area contributed by atoms with Crippen LogP contribution in [0, 0.1) is 0 Å². The van der Waals surface area contributed by atoms with Crippen molar-refractivity contribution in [2.75, 3.05) is 13.2 Å². The van der Waals surface area contributed by atoms with Gasteiger partial charge in [-0.1, -0.05) is 48.5 Å². The summed E-state index contributed by atoms with van der Waals surface area (Å²) in [5, 5.41) is 29.2. The first-order valence-corrected chi connectivity index (χ1v) is 9.72. The van der Waals surface area contributed by atoms with Gasteiger partial charge in [-0.2, -0.15) is 0 Å². The van der Waals surface area contributed by atoms with Crippen LogP contribution in [0.25, 0.3) is 11.1 Å². The highest BCUT2D eigenvalue weighted by Gasteiger charge is 2.38. The molecule has 0 amide bonds. The quantitative estimate of drug-likeness (QED) is 0.617. The first-order chi connectivity index (χ1) is 13.7. The van der Waals surface area contributed by atoms with Crippen LogP contribution in [0.15, 0.2) is 48.5 Å². The molecule has 1 aliphatic carbocycles. The van der Waals surface area contributed by atoms with E-state index < -0.39 is 36.5 Å². The maximum atomic E-state index is 12.8. The average molecular weight is 400 g/mol. The lowest BCUT2D eigenvalue weighted by molar-refractivity contribution is -0.188. The number of fused-ring (bicyclic) bond motifs is 3. The lowest BCUT2D eigenvalue weighted by Gasteiger charge is -2.31. The summed E-state index contributed by atoms with van der Waals surface area (Å²) in [5.74, 6) is -0.900. The van der Waals surface area contributed by atoms with Crippen molar-refractivity contribution in [1.82, 2.24) is 0 Å². The van der Waals surface area contributed by atoms with Gasteiger partial charge in [0.25, 0.3) is 0 Å². The standard InChI is InChI=1S/C23H28O6/c1-23(2,3)29-21(20(26)19(25)12-24)22(27)28-13-18-16-10-6-4-8-14(16)15-9-5-7-11-17(15)18/h4-11,18-21,24-26H,12-13H2,1-3H3/t19-,20+,21?/m1/s1. The van der Waals surface area contributed by atoms with Gasteiger partial charge in [0.2, 0.25) is 0 Å². The van der Waals surface area contributed by atoms with Crippen molar-refractivity contribution in [3.8, 4) is 11.1 Å². The van der Waals surface area contributed by atoms with Crippen molar-refractivity contribution in [1.29, 1.82) is 0 Å². The molecule has 0 aromatic heterocycles. The normalized spacial score (nSPS) is 16.6. The summed E-state index contributed by atoms with van der Waals surface area (Å²) in [4.78, 5) is 12.8. The van der Waals surface area contributed by atoms with Crippen LogP contribution in [0.1, 0.15) is 37.8 Å². The second-order valence-corrected chi connectivity index (χ2v) is 8.25. The molecule has 0 saturated carbocycles. The number of ether oxygens (including phenoxy) is 2. The maximum Gasteiger partial charge on any atom is 0.338 e. The lowest BCUT2D eigenvalue weighted by Crippen LogP contribution is -2.49. The first kappa shape index (κ1) is 21.5. The van der Waals surface area contributed by atoms with Gasteiger partial charge in [-0.25, -0.2) is 4.79 Å². The smallest absolute Gasteiger partial charge is 0.338 e. The topological polar surface area (TPSA) is 96.2 Å². The zero-order valence-electron chi connectivity index (χ0n) is 16.9. The van der Waals surface area contributed by atoms with Crippen molar-refractivity contribution in [2.24, 2.45) is 0 Å². The summed E-state index contributed by atoms with van der Waals surface area (Å²) in [6.07, 6.45) is -4.53. The SMILES string of the molecule is CC(C)(C)OC(C(=O)OCC1c2ccccc2-c2ccccc21)[C@@H](O)[C@H](O)CO. The fourth-order valence-corrected chi connectivity index (χ4v) is 3.63. The number of hydrogen-bond donors (Lipinski definition) is 3. The number of hydrogen-bond acceptors (Lipinski definition) is 6. The Labute approximate surface area is 170 Å². The van der Waals surface area contributed by atoms with Crippen LogP contribution >= 0.6 is 0 Å². The van der Waals surface area contributed by atoms with Crippen molar-refractivity contribution in [2.45, 2.75) is 50.6 Å². The third kappa shape index (κ3) is 4.67. The Kier molecular flexibility index (Phi) is 6.39. The highest BCUT2D eigenvalue weighted by Crippen LogP contribution is 2.44. The van der Waals surface area contributed by atoms with Crippen LogP contribution < -0.4 is 0 Å². The van der Waals surface area contributed by atoms with Gasteiger partial charge in [0.15, 0.2) is 6.10 Å². The summed E-state index contributed by atoms with van der Waals surface area (Å²) in [6, 6.07) is 16.0. The maximum absolute atomic E-state index is 12.8. The summed E-state index contributed by atoms with van der Waals surface area (Å²) in [7, 11) is 0. The monoisotopic (exact) mass is 400 g/mol. The Hall–Kier alpha value is -2.25. The van der Waals surface area contributed by atoms with E-state index in [1.807, 2.05) is 48.5 Å². The Morgan fingerprint density at radius 2 is 1.52 bits per heavy atom. The molecule has 0 bridgehead atoms. The van der Waals surface area contributed by atoms with Crippen LogP contribution in [0.5, 0.6) is 0 Å². The molecule has 6 nitrogen and oxygen atoms in total. The van der Waals surface area contributed by atoms with Crippen molar-refractivity contribution < 1.29 is 29.6 Å². The van der Waals surface area contributed by atoms with Crippen LogP contribution in [-0.2, 0) is 14.3 Å². The molecule has 0 radical (unpaired) electrons. The molecular weight excluding hydrogens is 372 g/mol. The van der Waals surface area contributed by atoms with Gasteiger partial charge < -0.3 is 24.8 Å². The predicted octanol–water partition coefficient (Wildman–Crippen LogP) is 2.24. The molecule has 2 aromatic rings. The highest BCUT2D eigenvalue weighted by atomic mass is 16.6. The molecule has 0 heterocycles. The molecule has 156 valence electrons.